The molecule has 0 fully saturated rings. The van der Waals surface area contributed by atoms with Gasteiger partial charge in [0.15, 0.2) is 0 Å². The van der Waals surface area contributed by atoms with Crippen LogP contribution >= 0.6 is 11.7 Å². The molecule has 7 nitrogen and oxygen atoms in total. The Balaban J connectivity index is 2.40. The molecular weight excluding hydrogens is 302 g/mol. The van der Waals surface area contributed by atoms with Crippen molar-refractivity contribution in [1.82, 2.24) is 13.5 Å². The molecule has 0 amide bonds. The molecule has 1 aromatic carbocycles. The molecule has 0 aliphatic heterocycles. The molecule has 2 aromatic rings. The maximum absolute atomic E-state index is 12.4. The van der Waals surface area contributed by atoms with Gasteiger partial charge in [0.2, 0.25) is 10.0 Å². The van der Waals surface area contributed by atoms with Crippen molar-refractivity contribution in [3.63, 3.8) is 0 Å². The van der Waals surface area contributed by atoms with Crippen LogP contribution in [0.15, 0.2) is 23.1 Å². The first-order valence-electron chi connectivity index (χ1n) is 5.68. The third-order valence-corrected chi connectivity index (χ3v) is 4.81. The van der Waals surface area contributed by atoms with Gasteiger partial charge in [-0.1, -0.05) is 6.07 Å². The highest BCUT2D eigenvalue weighted by molar-refractivity contribution is 7.89. The summed E-state index contributed by atoms with van der Waals surface area (Å²) in [5.41, 5.74) is -0.318. The topological polar surface area (TPSA) is 109 Å². The summed E-state index contributed by atoms with van der Waals surface area (Å²) < 4.78 is 35.1. The lowest BCUT2D eigenvalue weighted by atomic mass is 10.0. The molecule has 1 aromatic heterocycles. The van der Waals surface area contributed by atoms with Gasteiger partial charge in [0.1, 0.15) is 15.9 Å². The Morgan fingerprint density at radius 2 is 2.10 bits per heavy atom. The minimum atomic E-state index is -3.87. The van der Waals surface area contributed by atoms with Crippen LogP contribution in [0, 0.1) is 0 Å². The van der Waals surface area contributed by atoms with Crippen molar-refractivity contribution >= 4 is 38.8 Å². The summed E-state index contributed by atoms with van der Waals surface area (Å²) in [6.45, 7) is 3.02. The lowest BCUT2D eigenvalue weighted by Crippen LogP contribution is -2.44. The number of fused-ring (bicyclic) bond motifs is 1. The number of carbonyl (C=O) groups is 1. The molecule has 0 saturated heterocycles. The van der Waals surface area contributed by atoms with Crippen LogP contribution in [0.4, 0.5) is 0 Å². The first-order chi connectivity index (χ1) is 9.21. The minimum absolute atomic E-state index is 0.00205. The van der Waals surface area contributed by atoms with Gasteiger partial charge in [0.05, 0.1) is 18.1 Å². The number of nitrogens with zero attached hydrogens (tertiary/aromatic N) is 2. The van der Waals surface area contributed by atoms with Crippen molar-refractivity contribution in [2.24, 2.45) is 0 Å². The van der Waals surface area contributed by atoms with Crippen molar-refractivity contribution in [3.05, 3.63) is 18.2 Å². The zero-order chi connectivity index (χ0) is 15.0. The Labute approximate surface area is 120 Å². The highest BCUT2D eigenvalue weighted by Gasteiger charge is 2.30. The smallest absolute Gasteiger partial charge is 0.305 e. The second-order valence-electron chi connectivity index (χ2n) is 4.95. The highest BCUT2D eigenvalue weighted by atomic mass is 32.2. The zero-order valence-electron chi connectivity index (χ0n) is 10.8. The first kappa shape index (κ1) is 14.8. The molecule has 2 N–H and O–H groups in total. The van der Waals surface area contributed by atoms with Gasteiger partial charge in [-0.15, -0.1) is 0 Å². The zero-order valence-corrected chi connectivity index (χ0v) is 12.5. The summed E-state index contributed by atoms with van der Waals surface area (Å²) in [4.78, 5) is 10.8. The summed E-state index contributed by atoms with van der Waals surface area (Å²) in [6.07, 6.45) is -0.322. The van der Waals surface area contributed by atoms with Gasteiger partial charge in [-0.05, 0) is 26.0 Å². The monoisotopic (exact) mass is 315 g/mol. The van der Waals surface area contributed by atoms with Crippen molar-refractivity contribution in [3.8, 4) is 0 Å². The second kappa shape index (κ2) is 5.08. The van der Waals surface area contributed by atoms with E-state index in [1.165, 1.54) is 19.9 Å². The van der Waals surface area contributed by atoms with Crippen LogP contribution in [0.1, 0.15) is 20.3 Å². The summed E-state index contributed by atoms with van der Waals surface area (Å²) >= 11 is 0.925. The van der Waals surface area contributed by atoms with Gasteiger partial charge in [0.25, 0.3) is 0 Å². The van der Waals surface area contributed by atoms with E-state index in [1.807, 2.05) is 0 Å². The standard InChI is InChI=1S/C11H13N3O4S2/c1-11(2,6-9(15)16)14-20(17,18)8-5-3-4-7-10(8)13-19-12-7/h3-5,14H,6H2,1-2H3,(H,15,16). The van der Waals surface area contributed by atoms with E-state index in [4.69, 9.17) is 5.11 Å². The molecule has 0 saturated carbocycles. The summed E-state index contributed by atoms with van der Waals surface area (Å²) in [5.74, 6) is -1.08. The van der Waals surface area contributed by atoms with Crippen molar-refractivity contribution in [1.29, 1.82) is 0 Å². The Morgan fingerprint density at radius 1 is 1.40 bits per heavy atom. The lowest BCUT2D eigenvalue weighted by molar-refractivity contribution is -0.138. The van der Waals surface area contributed by atoms with Crippen molar-refractivity contribution < 1.29 is 18.3 Å². The number of sulfonamides is 1. The SMILES string of the molecule is CC(C)(CC(=O)O)NS(=O)(=O)c1cccc2nsnc12. The Hall–Kier alpha value is -1.58. The van der Waals surface area contributed by atoms with Crippen LogP contribution in [0.25, 0.3) is 11.0 Å². The molecule has 20 heavy (non-hydrogen) atoms. The van der Waals surface area contributed by atoms with Gasteiger partial charge in [0, 0.05) is 5.54 Å². The molecule has 108 valence electrons. The van der Waals surface area contributed by atoms with Crippen LogP contribution in [0.3, 0.4) is 0 Å². The molecule has 0 unspecified atom stereocenters. The molecule has 0 aliphatic rings. The average Bonchev–Trinajstić information content (AvgIpc) is 2.72. The molecule has 1 heterocycles. The van der Waals surface area contributed by atoms with Gasteiger partial charge < -0.3 is 5.11 Å². The predicted octanol–water partition coefficient (Wildman–Crippen LogP) is 1.22. The number of rotatable bonds is 5. The van der Waals surface area contributed by atoms with Crippen molar-refractivity contribution in [2.45, 2.75) is 30.7 Å². The number of nitrogens with one attached hydrogen (secondary N) is 1. The Morgan fingerprint density at radius 3 is 2.75 bits per heavy atom. The van der Waals surface area contributed by atoms with E-state index in [0.717, 1.165) is 11.7 Å². The largest absolute Gasteiger partial charge is 0.481 e. The van der Waals surface area contributed by atoms with Crippen LogP contribution in [-0.2, 0) is 14.8 Å². The number of aromatic nitrogens is 2. The van der Waals surface area contributed by atoms with E-state index in [1.54, 1.807) is 12.1 Å². The summed E-state index contributed by atoms with van der Waals surface area (Å²) in [6, 6.07) is 4.66. The highest BCUT2D eigenvalue weighted by Crippen LogP contribution is 2.23. The van der Waals surface area contributed by atoms with Crippen molar-refractivity contribution in [2.75, 3.05) is 0 Å². The third kappa shape index (κ3) is 3.11. The molecule has 0 aliphatic carbocycles. The second-order valence-corrected chi connectivity index (χ2v) is 7.13. The van der Waals surface area contributed by atoms with Gasteiger partial charge >= 0.3 is 5.97 Å². The van der Waals surface area contributed by atoms with E-state index < -0.39 is 21.5 Å². The molecular formula is C11H13N3O4S2. The fraction of sp³-hybridized carbons (Fsp3) is 0.364. The average molecular weight is 315 g/mol. The summed E-state index contributed by atoms with van der Waals surface area (Å²) in [7, 11) is -3.87. The normalized spacial score (nSPS) is 12.7. The van der Waals surface area contributed by atoms with E-state index >= 15 is 0 Å². The number of hydrogen-bond donors (Lipinski definition) is 2. The summed E-state index contributed by atoms with van der Waals surface area (Å²) in [5, 5.41) is 8.80. The molecule has 0 spiro atoms. The fourth-order valence-corrected chi connectivity index (χ4v) is 4.01. The van der Waals surface area contributed by atoms with Crippen LogP contribution in [-0.4, -0.2) is 33.8 Å². The number of aliphatic carboxylic acids is 1. The quantitative estimate of drug-likeness (QED) is 0.858. The third-order valence-electron chi connectivity index (χ3n) is 2.54. The predicted molar refractivity (Wildman–Crippen MR) is 74.1 cm³/mol. The van der Waals surface area contributed by atoms with Gasteiger partial charge in [-0.2, -0.15) is 8.75 Å². The van der Waals surface area contributed by atoms with E-state index in [-0.39, 0.29) is 16.8 Å². The van der Waals surface area contributed by atoms with E-state index in [0.29, 0.717) is 5.52 Å². The minimum Gasteiger partial charge on any atom is -0.481 e. The van der Waals surface area contributed by atoms with Crippen LogP contribution in [0.5, 0.6) is 0 Å². The number of carboxylic acids is 1. The van der Waals surface area contributed by atoms with Gasteiger partial charge in [-0.3, -0.25) is 4.79 Å². The molecule has 0 bridgehead atoms. The molecule has 2 rings (SSSR count). The molecule has 0 radical (unpaired) electrons. The molecule has 9 heteroatoms. The Bertz CT molecular complexity index is 752. The molecule has 0 atom stereocenters. The maximum Gasteiger partial charge on any atom is 0.305 e. The lowest BCUT2D eigenvalue weighted by Gasteiger charge is -2.23. The number of hydrogen-bond acceptors (Lipinski definition) is 6. The van der Waals surface area contributed by atoms with Gasteiger partial charge in [-0.25, -0.2) is 13.1 Å². The first-order valence-corrected chi connectivity index (χ1v) is 7.90. The fourth-order valence-electron chi connectivity index (χ4n) is 1.83. The van der Waals surface area contributed by atoms with E-state index in [2.05, 4.69) is 13.5 Å². The van der Waals surface area contributed by atoms with E-state index in [9.17, 15) is 13.2 Å². The van der Waals surface area contributed by atoms with Crippen LogP contribution in [0.2, 0.25) is 0 Å². The van der Waals surface area contributed by atoms with Crippen LogP contribution < -0.4 is 4.72 Å². The Kier molecular flexibility index (Phi) is 3.76. The number of benzene rings is 1. The maximum atomic E-state index is 12.4. The number of carboxylic acid groups (broad SMARTS) is 1.